The highest BCUT2D eigenvalue weighted by atomic mass is 127. The van der Waals surface area contributed by atoms with Gasteiger partial charge in [-0.05, 0) is 38.9 Å². The van der Waals surface area contributed by atoms with Crippen molar-refractivity contribution in [3.05, 3.63) is 0 Å². The molecule has 1 N–H and O–H groups in total. The molecule has 2 heterocycles. The lowest BCUT2D eigenvalue weighted by molar-refractivity contribution is 0.203. The van der Waals surface area contributed by atoms with E-state index in [2.05, 4.69) is 32.8 Å². The third kappa shape index (κ3) is 3.48. The van der Waals surface area contributed by atoms with Crippen LogP contribution in [0.5, 0.6) is 0 Å². The van der Waals surface area contributed by atoms with E-state index in [0.717, 1.165) is 36.5 Å². The van der Waals surface area contributed by atoms with Crippen molar-refractivity contribution in [3.8, 4) is 0 Å². The molecule has 0 spiro atoms. The molecule has 2 fully saturated rings. The highest BCUT2D eigenvalue weighted by molar-refractivity contribution is 14.1. The molecule has 0 aromatic heterocycles. The van der Waals surface area contributed by atoms with E-state index in [9.17, 15) is 4.79 Å². The van der Waals surface area contributed by atoms with Crippen molar-refractivity contribution in [1.29, 1.82) is 0 Å². The van der Waals surface area contributed by atoms with Crippen molar-refractivity contribution in [2.45, 2.75) is 23.2 Å². The normalized spacial score (nSPS) is 23.8. The molecular formula is C11H20IN3O. The highest BCUT2D eigenvalue weighted by Gasteiger charge is 2.20. The Hall–Kier alpha value is -0.0400. The molecule has 0 bridgehead atoms. The van der Waals surface area contributed by atoms with Gasteiger partial charge in [0, 0.05) is 23.6 Å². The van der Waals surface area contributed by atoms with E-state index >= 15 is 0 Å². The van der Waals surface area contributed by atoms with E-state index < -0.39 is 0 Å². The summed E-state index contributed by atoms with van der Waals surface area (Å²) in [7, 11) is 0. The van der Waals surface area contributed by atoms with Crippen LogP contribution in [0.25, 0.3) is 0 Å². The average molecular weight is 337 g/mol. The first-order valence-electron chi connectivity index (χ1n) is 6.15. The fraction of sp³-hybridized carbons (Fsp3) is 0.909. The van der Waals surface area contributed by atoms with Gasteiger partial charge in [0.25, 0.3) is 0 Å². The minimum Gasteiger partial charge on any atom is -0.336 e. The molecule has 0 atom stereocenters. The number of urea groups is 1. The number of nitrogens with zero attached hydrogens (tertiary/aromatic N) is 2. The van der Waals surface area contributed by atoms with Crippen LogP contribution in [0.1, 0.15) is 19.3 Å². The number of hydrogen-bond donors (Lipinski definition) is 1. The maximum absolute atomic E-state index is 11.3. The zero-order valence-electron chi connectivity index (χ0n) is 9.62. The second-order valence-corrected chi connectivity index (χ2v) is 6.35. The fourth-order valence-electron chi connectivity index (χ4n) is 2.33. The van der Waals surface area contributed by atoms with Crippen molar-refractivity contribution in [3.63, 3.8) is 0 Å². The molecule has 5 heteroatoms. The summed E-state index contributed by atoms with van der Waals surface area (Å²) in [5, 5.41) is 2.84. The largest absolute Gasteiger partial charge is 0.336 e. The molecule has 0 radical (unpaired) electrons. The topological polar surface area (TPSA) is 35.6 Å². The van der Waals surface area contributed by atoms with Gasteiger partial charge in [-0.1, -0.05) is 22.6 Å². The monoisotopic (exact) mass is 337 g/mol. The van der Waals surface area contributed by atoms with E-state index in [4.69, 9.17) is 0 Å². The van der Waals surface area contributed by atoms with Crippen LogP contribution in [0.15, 0.2) is 0 Å². The number of amides is 2. The molecule has 2 aliphatic heterocycles. The Morgan fingerprint density at radius 2 is 2.00 bits per heavy atom. The summed E-state index contributed by atoms with van der Waals surface area (Å²) in [6.45, 7) is 6.23. The molecule has 2 saturated heterocycles. The van der Waals surface area contributed by atoms with Crippen LogP contribution in [0, 0.1) is 0 Å². The molecule has 4 nitrogen and oxygen atoms in total. The van der Waals surface area contributed by atoms with Crippen LogP contribution >= 0.6 is 22.6 Å². The van der Waals surface area contributed by atoms with Crippen LogP contribution in [0.2, 0.25) is 0 Å². The predicted molar refractivity (Wildman–Crippen MR) is 73.1 cm³/mol. The van der Waals surface area contributed by atoms with Gasteiger partial charge in [0.1, 0.15) is 0 Å². The van der Waals surface area contributed by atoms with Gasteiger partial charge in [-0.25, -0.2) is 4.79 Å². The lowest BCUT2D eigenvalue weighted by Gasteiger charge is -2.29. The molecule has 0 aliphatic carbocycles. The first-order chi connectivity index (χ1) is 7.75. The summed E-state index contributed by atoms with van der Waals surface area (Å²) < 4.78 is 0.873. The predicted octanol–water partition coefficient (Wildman–Crippen LogP) is 1.30. The Labute approximate surface area is 111 Å². The second kappa shape index (κ2) is 6.05. The number of piperidine rings is 1. The zero-order chi connectivity index (χ0) is 11.4. The van der Waals surface area contributed by atoms with Gasteiger partial charge in [-0.3, -0.25) is 0 Å². The summed E-state index contributed by atoms with van der Waals surface area (Å²) >= 11 is 2.55. The van der Waals surface area contributed by atoms with E-state index in [1.54, 1.807) is 0 Å². The van der Waals surface area contributed by atoms with Gasteiger partial charge in [-0.2, -0.15) is 0 Å². The average Bonchev–Trinajstić information content (AvgIpc) is 2.68. The van der Waals surface area contributed by atoms with E-state index in [1.165, 1.54) is 25.9 Å². The third-order valence-electron chi connectivity index (χ3n) is 3.36. The summed E-state index contributed by atoms with van der Waals surface area (Å²) in [6.07, 6.45) is 3.76. The molecule has 0 aromatic rings. The number of halogens is 1. The van der Waals surface area contributed by atoms with E-state index in [-0.39, 0.29) is 6.03 Å². The number of carbonyl (C=O) groups is 1. The lowest BCUT2D eigenvalue weighted by atomic mass is 10.1. The van der Waals surface area contributed by atoms with Gasteiger partial charge in [0.2, 0.25) is 0 Å². The number of likely N-dealkylation sites (tertiary alicyclic amines) is 1. The SMILES string of the molecule is O=C1NCCN1CCCN1CCC(I)CC1. The number of carbonyl (C=O) groups excluding carboxylic acids is 1. The van der Waals surface area contributed by atoms with Crippen LogP contribution in [0.3, 0.4) is 0 Å². The molecule has 2 amide bonds. The summed E-state index contributed by atoms with van der Waals surface area (Å²) in [4.78, 5) is 15.8. The Balaban J connectivity index is 1.59. The molecule has 0 saturated carbocycles. The molecule has 16 heavy (non-hydrogen) atoms. The summed E-state index contributed by atoms with van der Waals surface area (Å²) in [6, 6.07) is 0.117. The van der Waals surface area contributed by atoms with Gasteiger partial charge in [0.15, 0.2) is 0 Å². The number of alkyl halides is 1. The van der Waals surface area contributed by atoms with Crippen molar-refractivity contribution >= 4 is 28.6 Å². The second-order valence-electron chi connectivity index (χ2n) is 4.59. The van der Waals surface area contributed by atoms with Crippen LogP contribution < -0.4 is 5.32 Å². The number of nitrogens with one attached hydrogen (secondary N) is 1. The molecule has 0 aromatic carbocycles. The Morgan fingerprint density at radius 1 is 1.25 bits per heavy atom. The van der Waals surface area contributed by atoms with Gasteiger partial charge >= 0.3 is 6.03 Å². The van der Waals surface area contributed by atoms with Crippen molar-refractivity contribution in [2.24, 2.45) is 0 Å². The first-order valence-corrected chi connectivity index (χ1v) is 7.39. The Bertz CT molecular complexity index is 241. The first kappa shape index (κ1) is 12.4. The Kier molecular flexibility index (Phi) is 4.69. The van der Waals surface area contributed by atoms with Crippen LogP contribution in [0.4, 0.5) is 4.79 Å². The highest BCUT2D eigenvalue weighted by Crippen LogP contribution is 2.17. The van der Waals surface area contributed by atoms with Crippen LogP contribution in [-0.4, -0.2) is 59.0 Å². The van der Waals surface area contributed by atoms with Gasteiger partial charge < -0.3 is 15.1 Å². The minimum absolute atomic E-state index is 0.117. The molecular weight excluding hydrogens is 317 g/mol. The third-order valence-corrected chi connectivity index (χ3v) is 4.61. The Morgan fingerprint density at radius 3 is 2.62 bits per heavy atom. The minimum atomic E-state index is 0.117. The molecule has 2 aliphatic rings. The van der Waals surface area contributed by atoms with Crippen molar-refractivity contribution in [1.82, 2.24) is 15.1 Å². The molecule has 0 unspecified atom stereocenters. The maximum atomic E-state index is 11.3. The van der Waals surface area contributed by atoms with Crippen molar-refractivity contribution < 1.29 is 4.79 Å². The smallest absolute Gasteiger partial charge is 0.317 e. The quantitative estimate of drug-likeness (QED) is 0.620. The number of rotatable bonds is 4. The number of hydrogen-bond acceptors (Lipinski definition) is 2. The maximum Gasteiger partial charge on any atom is 0.317 e. The zero-order valence-corrected chi connectivity index (χ0v) is 11.8. The summed E-state index contributed by atoms with van der Waals surface area (Å²) in [5.74, 6) is 0. The van der Waals surface area contributed by atoms with Crippen molar-refractivity contribution in [2.75, 3.05) is 39.3 Å². The fourth-order valence-corrected chi connectivity index (χ4v) is 2.89. The van der Waals surface area contributed by atoms with Gasteiger partial charge in [-0.15, -0.1) is 0 Å². The van der Waals surface area contributed by atoms with E-state index in [0.29, 0.717) is 0 Å². The lowest BCUT2D eigenvalue weighted by Crippen LogP contribution is -2.36. The van der Waals surface area contributed by atoms with Gasteiger partial charge in [0.05, 0.1) is 0 Å². The van der Waals surface area contributed by atoms with Crippen LogP contribution in [-0.2, 0) is 0 Å². The molecule has 2 rings (SSSR count). The standard InChI is InChI=1S/C11H20IN3O/c12-10-2-7-14(8-3-10)5-1-6-15-9-4-13-11(15)16/h10H,1-9H2,(H,13,16). The van der Waals surface area contributed by atoms with E-state index in [1.807, 2.05) is 4.90 Å². The summed E-state index contributed by atoms with van der Waals surface area (Å²) in [5.41, 5.74) is 0. The molecule has 92 valence electrons.